The molecule has 1 fully saturated rings. The molecule has 0 aliphatic heterocycles. The molecule has 2 aromatic rings. The third kappa shape index (κ3) is 2.73. The molecule has 0 saturated heterocycles. The number of hydrogen-bond acceptors (Lipinski definition) is 2. The van der Waals surface area contributed by atoms with Crippen molar-refractivity contribution in [1.29, 1.82) is 0 Å². The van der Waals surface area contributed by atoms with Gasteiger partial charge in [-0.25, -0.2) is 0 Å². The Labute approximate surface area is 121 Å². The molecule has 2 N–H and O–H groups in total. The molecule has 1 aliphatic rings. The van der Waals surface area contributed by atoms with Crippen molar-refractivity contribution in [3.05, 3.63) is 30.0 Å². The maximum Gasteiger partial charge on any atom is 0.0721 e. The van der Waals surface area contributed by atoms with E-state index in [-0.39, 0.29) is 5.54 Å². The molecular formula is C17H25N3. The van der Waals surface area contributed by atoms with Gasteiger partial charge < -0.3 is 5.73 Å². The minimum Gasteiger partial charge on any atom is -0.325 e. The van der Waals surface area contributed by atoms with Crippen molar-refractivity contribution < 1.29 is 0 Å². The summed E-state index contributed by atoms with van der Waals surface area (Å²) in [6, 6.07) is 8.47. The monoisotopic (exact) mass is 271 g/mol. The average Bonchev–Trinajstić information content (AvgIpc) is 2.72. The van der Waals surface area contributed by atoms with E-state index in [0.29, 0.717) is 0 Å². The standard InChI is InChI=1S/C17H25N3/c1-20-16-10-6-5-9-14(16)15(19-20)13-17(18)11-7-3-2-4-8-12-17/h5-6,9-10H,2-4,7-8,11-13,18H2,1H3. The molecule has 0 bridgehead atoms. The van der Waals surface area contributed by atoms with Crippen LogP contribution in [0.15, 0.2) is 24.3 Å². The van der Waals surface area contributed by atoms with Gasteiger partial charge in [0.1, 0.15) is 0 Å². The van der Waals surface area contributed by atoms with E-state index in [9.17, 15) is 0 Å². The quantitative estimate of drug-likeness (QED) is 0.907. The van der Waals surface area contributed by atoms with Crippen LogP contribution in [-0.2, 0) is 13.5 Å². The Morgan fingerprint density at radius 1 is 1.10 bits per heavy atom. The van der Waals surface area contributed by atoms with Crippen molar-refractivity contribution in [2.24, 2.45) is 12.8 Å². The van der Waals surface area contributed by atoms with Gasteiger partial charge in [0.05, 0.1) is 11.2 Å². The lowest BCUT2D eigenvalue weighted by atomic mass is 9.81. The summed E-state index contributed by atoms with van der Waals surface area (Å²) < 4.78 is 1.98. The maximum atomic E-state index is 6.71. The molecule has 20 heavy (non-hydrogen) atoms. The minimum absolute atomic E-state index is 0.0580. The highest BCUT2D eigenvalue weighted by atomic mass is 15.3. The number of nitrogens with zero attached hydrogens (tertiary/aromatic N) is 2. The number of para-hydroxylation sites is 1. The van der Waals surface area contributed by atoms with E-state index in [4.69, 9.17) is 10.8 Å². The van der Waals surface area contributed by atoms with E-state index in [2.05, 4.69) is 24.3 Å². The Bertz CT molecular complexity index is 577. The fourth-order valence-corrected chi connectivity index (χ4v) is 3.54. The Balaban J connectivity index is 1.87. The van der Waals surface area contributed by atoms with E-state index in [1.807, 2.05) is 11.7 Å². The Morgan fingerprint density at radius 3 is 2.50 bits per heavy atom. The first kappa shape index (κ1) is 13.6. The van der Waals surface area contributed by atoms with Gasteiger partial charge >= 0.3 is 0 Å². The Hall–Kier alpha value is -1.35. The minimum atomic E-state index is -0.0580. The molecule has 3 nitrogen and oxygen atoms in total. The number of aromatic nitrogens is 2. The van der Waals surface area contributed by atoms with Gasteiger partial charge in [-0.2, -0.15) is 5.10 Å². The zero-order valence-corrected chi connectivity index (χ0v) is 12.4. The van der Waals surface area contributed by atoms with Crippen LogP contribution in [-0.4, -0.2) is 15.3 Å². The van der Waals surface area contributed by atoms with Crippen LogP contribution in [0, 0.1) is 0 Å². The Morgan fingerprint density at radius 2 is 1.75 bits per heavy atom. The van der Waals surface area contributed by atoms with E-state index in [0.717, 1.165) is 19.3 Å². The topological polar surface area (TPSA) is 43.8 Å². The van der Waals surface area contributed by atoms with Crippen LogP contribution in [0.1, 0.15) is 50.6 Å². The molecule has 0 spiro atoms. The number of fused-ring (bicyclic) bond motifs is 1. The number of nitrogens with two attached hydrogens (primary N) is 1. The molecule has 0 radical (unpaired) electrons. The first-order valence-electron chi connectivity index (χ1n) is 7.87. The zero-order valence-electron chi connectivity index (χ0n) is 12.4. The van der Waals surface area contributed by atoms with Gasteiger partial charge in [-0.3, -0.25) is 4.68 Å². The van der Waals surface area contributed by atoms with Crippen molar-refractivity contribution >= 4 is 10.9 Å². The predicted molar refractivity (Wildman–Crippen MR) is 83.7 cm³/mol. The van der Waals surface area contributed by atoms with E-state index in [1.165, 1.54) is 48.7 Å². The van der Waals surface area contributed by atoms with E-state index in [1.54, 1.807) is 0 Å². The summed E-state index contributed by atoms with van der Waals surface area (Å²) in [5.74, 6) is 0. The summed E-state index contributed by atoms with van der Waals surface area (Å²) in [6.45, 7) is 0. The second-order valence-electron chi connectivity index (χ2n) is 6.39. The molecule has 1 saturated carbocycles. The molecule has 1 heterocycles. The molecule has 3 rings (SSSR count). The molecule has 3 heteroatoms. The SMILES string of the molecule is Cn1nc(CC2(N)CCCCCCC2)c2ccccc21. The lowest BCUT2D eigenvalue weighted by Crippen LogP contribution is -2.42. The summed E-state index contributed by atoms with van der Waals surface area (Å²) in [6.07, 6.45) is 9.76. The molecule has 0 amide bonds. The molecular weight excluding hydrogens is 246 g/mol. The van der Waals surface area contributed by atoms with Gasteiger partial charge in [0.15, 0.2) is 0 Å². The van der Waals surface area contributed by atoms with Crippen molar-refractivity contribution in [2.45, 2.75) is 56.9 Å². The smallest absolute Gasteiger partial charge is 0.0721 e. The van der Waals surface area contributed by atoms with E-state index >= 15 is 0 Å². The van der Waals surface area contributed by atoms with Gasteiger partial charge in [0.25, 0.3) is 0 Å². The van der Waals surface area contributed by atoms with Gasteiger partial charge in [0.2, 0.25) is 0 Å². The number of benzene rings is 1. The van der Waals surface area contributed by atoms with Crippen LogP contribution in [0.2, 0.25) is 0 Å². The molecule has 1 aliphatic carbocycles. The summed E-state index contributed by atoms with van der Waals surface area (Å²) >= 11 is 0. The van der Waals surface area contributed by atoms with Crippen LogP contribution in [0.3, 0.4) is 0 Å². The van der Waals surface area contributed by atoms with Crippen molar-refractivity contribution in [1.82, 2.24) is 9.78 Å². The molecule has 1 aromatic heterocycles. The van der Waals surface area contributed by atoms with Gasteiger partial charge in [-0.15, -0.1) is 0 Å². The third-order valence-corrected chi connectivity index (χ3v) is 4.70. The van der Waals surface area contributed by atoms with Gasteiger partial charge in [-0.05, 0) is 18.9 Å². The fraction of sp³-hybridized carbons (Fsp3) is 0.588. The van der Waals surface area contributed by atoms with Crippen LogP contribution >= 0.6 is 0 Å². The summed E-state index contributed by atoms with van der Waals surface area (Å²) in [5, 5.41) is 5.99. The van der Waals surface area contributed by atoms with E-state index < -0.39 is 0 Å². The fourth-order valence-electron chi connectivity index (χ4n) is 3.54. The summed E-state index contributed by atoms with van der Waals surface area (Å²) in [4.78, 5) is 0. The first-order chi connectivity index (χ1) is 9.68. The maximum absolute atomic E-state index is 6.71. The highest BCUT2D eigenvalue weighted by Crippen LogP contribution is 2.29. The third-order valence-electron chi connectivity index (χ3n) is 4.70. The number of aryl methyl sites for hydroxylation is 1. The average molecular weight is 271 g/mol. The summed E-state index contributed by atoms with van der Waals surface area (Å²) in [7, 11) is 2.02. The van der Waals surface area contributed by atoms with Crippen molar-refractivity contribution in [3.8, 4) is 0 Å². The van der Waals surface area contributed by atoms with Crippen LogP contribution < -0.4 is 5.73 Å². The summed E-state index contributed by atoms with van der Waals surface area (Å²) in [5.41, 5.74) is 9.03. The van der Waals surface area contributed by atoms with Crippen molar-refractivity contribution in [2.75, 3.05) is 0 Å². The number of rotatable bonds is 2. The molecule has 0 unspecified atom stereocenters. The second-order valence-corrected chi connectivity index (χ2v) is 6.39. The lowest BCUT2D eigenvalue weighted by molar-refractivity contribution is 0.312. The van der Waals surface area contributed by atoms with Crippen molar-refractivity contribution in [3.63, 3.8) is 0 Å². The highest BCUT2D eigenvalue weighted by molar-refractivity contribution is 5.81. The molecule has 108 valence electrons. The van der Waals surface area contributed by atoms with Crippen LogP contribution in [0.4, 0.5) is 0 Å². The normalized spacial score (nSPS) is 19.7. The number of hydrogen-bond donors (Lipinski definition) is 1. The Kier molecular flexibility index (Phi) is 3.79. The first-order valence-corrected chi connectivity index (χ1v) is 7.87. The zero-order chi connectivity index (χ0) is 14.0. The van der Waals surface area contributed by atoms with Gasteiger partial charge in [-0.1, -0.05) is 50.3 Å². The predicted octanol–water partition coefficient (Wildman–Crippen LogP) is 3.56. The van der Waals surface area contributed by atoms with Crippen LogP contribution in [0.5, 0.6) is 0 Å². The highest BCUT2D eigenvalue weighted by Gasteiger charge is 2.27. The lowest BCUT2D eigenvalue weighted by Gasteiger charge is -2.31. The second kappa shape index (κ2) is 5.57. The van der Waals surface area contributed by atoms with Gasteiger partial charge in [0, 0.05) is 24.4 Å². The largest absolute Gasteiger partial charge is 0.325 e. The van der Waals surface area contributed by atoms with Crippen LogP contribution in [0.25, 0.3) is 10.9 Å². The molecule has 0 atom stereocenters. The molecule has 1 aromatic carbocycles.